The predicted molar refractivity (Wildman–Crippen MR) is 85.5 cm³/mol. The Morgan fingerprint density at radius 2 is 2.05 bits per heavy atom. The highest BCUT2D eigenvalue weighted by Gasteiger charge is 2.43. The van der Waals surface area contributed by atoms with E-state index in [1.807, 2.05) is 24.3 Å². The molecule has 6 heteroatoms. The van der Waals surface area contributed by atoms with Gasteiger partial charge in [-0.3, -0.25) is 4.90 Å². The minimum absolute atomic E-state index is 0.121. The van der Waals surface area contributed by atoms with E-state index in [4.69, 9.17) is 0 Å². The fourth-order valence-corrected chi connectivity index (χ4v) is 3.23. The summed E-state index contributed by atoms with van der Waals surface area (Å²) in [4.78, 5) is 21.1. The van der Waals surface area contributed by atoms with Crippen LogP contribution in [-0.4, -0.2) is 57.1 Å². The molecule has 2 fully saturated rings. The summed E-state index contributed by atoms with van der Waals surface area (Å²) >= 11 is 0. The van der Waals surface area contributed by atoms with Gasteiger partial charge in [0.25, 0.3) is 0 Å². The topological polar surface area (TPSA) is 53.4 Å². The number of amides is 2. The summed E-state index contributed by atoms with van der Waals surface area (Å²) < 4.78 is 2.06. The molecule has 0 bridgehead atoms. The molecule has 1 aliphatic carbocycles. The van der Waals surface area contributed by atoms with Crippen molar-refractivity contribution >= 4 is 6.03 Å². The van der Waals surface area contributed by atoms with Crippen LogP contribution < -0.4 is 5.32 Å². The Bertz CT molecular complexity index is 514. The Kier molecular flexibility index (Phi) is 4.38. The number of aromatic nitrogens is 2. The number of carbonyl (C=O) groups is 1. The lowest BCUT2D eigenvalue weighted by Crippen LogP contribution is -2.53. The van der Waals surface area contributed by atoms with E-state index in [2.05, 4.69) is 26.7 Å². The van der Waals surface area contributed by atoms with Gasteiger partial charge in [-0.05, 0) is 19.3 Å². The summed E-state index contributed by atoms with van der Waals surface area (Å²) in [6, 6.07) is 0.127. The van der Waals surface area contributed by atoms with Crippen LogP contribution in [0, 0.1) is 0 Å². The van der Waals surface area contributed by atoms with Gasteiger partial charge in [0.1, 0.15) is 5.82 Å². The zero-order chi connectivity index (χ0) is 15.6. The number of rotatable bonds is 5. The van der Waals surface area contributed by atoms with Crippen molar-refractivity contribution in [2.75, 3.05) is 26.2 Å². The van der Waals surface area contributed by atoms with Gasteiger partial charge in [-0.2, -0.15) is 0 Å². The maximum Gasteiger partial charge on any atom is 0.317 e. The maximum absolute atomic E-state index is 12.4. The number of piperazine rings is 1. The number of nitrogens with one attached hydrogen (secondary N) is 1. The van der Waals surface area contributed by atoms with Crippen molar-refractivity contribution in [3.8, 4) is 0 Å². The van der Waals surface area contributed by atoms with Crippen molar-refractivity contribution in [3.05, 3.63) is 18.2 Å². The van der Waals surface area contributed by atoms with Gasteiger partial charge in [-0.25, -0.2) is 9.78 Å². The SMILES string of the molecule is CCCC1(NC(=O)N2CCN(Cc3nccn3C)CC2)CC1. The lowest BCUT2D eigenvalue weighted by molar-refractivity contribution is 0.130. The van der Waals surface area contributed by atoms with Crippen LogP contribution in [0.5, 0.6) is 0 Å². The fourth-order valence-electron chi connectivity index (χ4n) is 3.23. The summed E-state index contributed by atoms with van der Waals surface area (Å²) in [5.74, 6) is 1.08. The molecule has 6 nitrogen and oxygen atoms in total. The lowest BCUT2D eigenvalue weighted by Gasteiger charge is -2.35. The average Bonchev–Trinajstić information content (AvgIpc) is 3.14. The first-order valence-corrected chi connectivity index (χ1v) is 8.37. The molecule has 122 valence electrons. The molecule has 1 saturated carbocycles. The Morgan fingerprint density at radius 1 is 1.32 bits per heavy atom. The van der Waals surface area contributed by atoms with E-state index in [-0.39, 0.29) is 11.6 Å². The molecule has 0 atom stereocenters. The van der Waals surface area contributed by atoms with E-state index in [1.54, 1.807) is 0 Å². The average molecular weight is 305 g/mol. The molecule has 0 spiro atoms. The van der Waals surface area contributed by atoms with Crippen molar-refractivity contribution in [1.29, 1.82) is 0 Å². The van der Waals surface area contributed by atoms with Crippen LogP contribution in [0.3, 0.4) is 0 Å². The quantitative estimate of drug-likeness (QED) is 0.898. The molecule has 3 rings (SSSR count). The summed E-state index contributed by atoms with van der Waals surface area (Å²) in [7, 11) is 2.02. The minimum atomic E-state index is 0.121. The largest absolute Gasteiger partial charge is 0.337 e. The second-order valence-corrected chi connectivity index (χ2v) is 6.68. The van der Waals surface area contributed by atoms with Gasteiger partial charge in [-0.15, -0.1) is 0 Å². The Morgan fingerprint density at radius 3 is 2.59 bits per heavy atom. The maximum atomic E-state index is 12.4. The number of imidazole rings is 1. The number of nitrogens with zero attached hydrogens (tertiary/aromatic N) is 4. The van der Waals surface area contributed by atoms with Gasteiger partial charge >= 0.3 is 6.03 Å². The normalized spacial score (nSPS) is 20.9. The molecule has 22 heavy (non-hydrogen) atoms. The monoisotopic (exact) mass is 305 g/mol. The molecule has 1 N–H and O–H groups in total. The first-order chi connectivity index (χ1) is 10.6. The van der Waals surface area contributed by atoms with Crippen LogP contribution in [0.25, 0.3) is 0 Å². The molecule has 0 unspecified atom stereocenters. The first kappa shape index (κ1) is 15.3. The fraction of sp³-hybridized carbons (Fsp3) is 0.750. The van der Waals surface area contributed by atoms with Crippen molar-refractivity contribution < 1.29 is 4.79 Å². The highest BCUT2D eigenvalue weighted by atomic mass is 16.2. The van der Waals surface area contributed by atoms with E-state index >= 15 is 0 Å². The number of carbonyl (C=O) groups excluding carboxylic acids is 1. The molecule has 1 aromatic rings. The van der Waals surface area contributed by atoms with Crippen molar-refractivity contribution in [1.82, 2.24) is 24.7 Å². The standard InChI is InChI=1S/C16H27N5O/c1-3-4-16(5-6-16)18-15(22)21-11-9-20(10-12-21)13-14-17-7-8-19(14)2/h7-8H,3-6,9-13H2,1-2H3,(H,18,22). The molecule has 1 aromatic heterocycles. The Balaban J connectivity index is 1.45. The molecule has 0 aromatic carbocycles. The number of hydrogen-bond acceptors (Lipinski definition) is 3. The third kappa shape index (κ3) is 3.43. The van der Waals surface area contributed by atoms with Gasteiger partial charge in [-0.1, -0.05) is 13.3 Å². The molecule has 2 amide bonds. The molecule has 2 heterocycles. The highest BCUT2D eigenvalue weighted by molar-refractivity contribution is 5.75. The van der Waals surface area contributed by atoms with Crippen molar-refractivity contribution in [3.63, 3.8) is 0 Å². The zero-order valence-corrected chi connectivity index (χ0v) is 13.7. The first-order valence-electron chi connectivity index (χ1n) is 8.37. The second kappa shape index (κ2) is 6.28. The summed E-state index contributed by atoms with van der Waals surface area (Å²) in [5.41, 5.74) is 0.121. The number of urea groups is 1. The smallest absolute Gasteiger partial charge is 0.317 e. The molecular weight excluding hydrogens is 278 g/mol. The van der Waals surface area contributed by atoms with Gasteiger partial charge in [0, 0.05) is 51.2 Å². The molecular formula is C16H27N5O. The summed E-state index contributed by atoms with van der Waals surface area (Å²) in [6.45, 7) is 6.49. The number of aryl methyl sites for hydroxylation is 1. The predicted octanol–water partition coefficient (Wildman–Crippen LogP) is 1.58. The molecule has 2 aliphatic rings. The van der Waals surface area contributed by atoms with Crippen LogP contribution in [0.2, 0.25) is 0 Å². The summed E-state index contributed by atoms with van der Waals surface area (Å²) in [5, 5.41) is 3.26. The third-order valence-corrected chi connectivity index (χ3v) is 4.90. The molecule has 0 radical (unpaired) electrons. The highest BCUT2D eigenvalue weighted by Crippen LogP contribution is 2.39. The Hall–Kier alpha value is -1.56. The van der Waals surface area contributed by atoms with Crippen LogP contribution >= 0.6 is 0 Å². The van der Waals surface area contributed by atoms with E-state index in [9.17, 15) is 4.79 Å². The van der Waals surface area contributed by atoms with Crippen molar-refractivity contribution in [2.45, 2.75) is 44.7 Å². The van der Waals surface area contributed by atoms with E-state index in [0.717, 1.165) is 64.2 Å². The molecule has 1 aliphatic heterocycles. The number of hydrogen-bond donors (Lipinski definition) is 1. The minimum Gasteiger partial charge on any atom is -0.337 e. The lowest BCUT2D eigenvalue weighted by atomic mass is 10.1. The van der Waals surface area contributed by atoms with E-state index in [0.29, 0.717) is 0 Å². The zero-order valence-electron chi connectivity index (χ0n) is 13.7. The van der Waals surface area contributed by atoms with E-state index < -0.39 is 0 Å². The summed E-state index contributed by atoms with van der Waals surface area (Å²) in [6.07, 6.45) is 8.34. The Labute approximate surface area is 132 Å². The van der Waals surface area contributed by atoms with E-state index in [1.165, 1.54) is 0 Å². The van der Waals surface area contributed by atoms with Crippen LogP contribution in [-0.2, 0) is 13.6 Å². The second-order valence-electron chi connectivity index (χ2n) is 6.68. The van der Waals surface area contributed by atoms with Crippen LogP contribution in [0.15, 0.2) is 12.4 Å². The van der Waals surface area contributed by atoms with Gasteiger partial charge < -0.3 is 14.8 Å². The van der Waals surface area contributed by atoms with Crippen LogP contribution in [0.1, 0.15) is 38.4 Å². The van der Waals surface area contributed by atoms with Gasteiger partial charge in [0.2, 0.25) is 0 Å². The molecule has 1 saturated heterocycles. The van der Waals surface area contributed by atoms with Crippen molar-refractivity contribution in [2.24, 2.45) is 7.05 Å². The van der Waals surface area contributed by atoms with Crippen LogP contribution in [0.4, 0.5) is 4.79 Å². The van der Waals surface area contributed by atoms with Gasteiger partial charge in [0.15, 0.2) is 0 Å². The third-order valence-electron chi connectivity index (χ3n) is 4.90. The van der Waals surface area contributed by atoms with Gasteiger partial charge in [0.05, 0.1) is 6.54 Å².